The maximum Gasteiger partial charge on any atom is 0.185 e. The summed E-state index contributed by atoms with van der Waals surface area (Å²) < 4.78 is 5.05. The molecule has 1 saturated carbocycles. The monoisotopic (exact) mass is 255 g/mol. The van der Waals surface area contributed by atoms with Gasteiger partial charge in [0.1, 0.15) is 0 Å². The van der Waals surface area contributed by atoms with Gasteiger partial charge in [-0.15, -0.1) is 11.3 Å². The number of aromatic nitrogens is 1. The highest BCUT2D eigenvalue weighted by Crippen LogP contribution is 2.24. The summed E-state index contributed by atoms with van der Waals surface area (Å²) in [5, 5.41) is 4.61. The largest absolute Gasteiger partial charge is 0.385 e. The highest BCUT2D eigenvalue weighted by atomic mass is 32.1. The Kier molecular flexibility index (Phi) is 4.76. The van der Waals surface area contributed by atoms with Crippen molar-refractivity contribution in [2.75, 3.05) is 32.2 Å². The molecule has 1 aromatic heterocycles. The van der Waals surface area contributed by atoms with Crippen LogP contribution in [0.2, 0.25) is 0 Å². The summed E-state index contributed by atoms with van der Waals surface area (Å²) >= 11 is 1.78. The zero-order valence-corrected chi connectivity index (χ0v) is 11.4. The number of hydrogen-bond acceptors (Lipinski definition) is 5. The average Bonchev–Trinajstić information content (AvgIpc) is 3.04. The van der Waals surface area contributed by atoms with Crippen LogP contribution in [0.3, 0.4) is 0 Å². The fourth-order valence-corrected chi connectivity index (χ4v) is 2.48. The van der Waals surface area contributed by atoms with Gasteiger partial charge in [-0.05, 0) is 19.3 Å². The number of rotatable bonds is 8. The first kappa shape index (κ1) is 12.8. The topological polar surface area (TPSA) is 37.4 Å². The van der Waals surface area contributed by atoms with E-state index in [9.17, 15) is 0 Å². The molecule has 1 aliphatic carbocycles. The van der Waals surface area contributed by atoms with Crippen molar-refractivity contribution in [1.82, 2.24) is 10.3 Å². The Morgan fingerprint density at radius 2 is 2.41 bits per heavy atom. The van der Waals surface area contributed by atoms with Crippen molar-refractivity contribution in [2.45, 2.75) is 31.8 Å². The fraction of sp³-hybridized carbons (Fsp3) is 0.750. The maximum atomic E-state index is 5.05. The molecule has 2 rings (SSSR count). The molecule has 96 valence electrons. The molecule has 1 heterocycles. The van der Waals surface area contributed by atoms with Crippen LogP contribution in [0, 0.1) is 0 Å². The highest BCUT2D eigenvalue weighted by molar-refractivity contribution is 7.15. The standard InChI is InChI=1S/C12H21N3OS/c1-15(6-3-7-16-2)12-14-9-11(17-12)8-13-10-4-5-10/h9-10,13H,3-8H2,1-2H3. The van der Waals surface area contributed by atoms with Gasteiger partial charge in [0.05, 0.1) is 0 Å². The van der Waals surface area contributed by atoms with Crippen LogP contribution in [0.15, 0.2) is 6.20 Å². The molecule has 1 N–H and O–H groups in total. The van der Waals surface area contributed by atoms with Gasteiger partial charge in [0.15, 0.2) is 5.13 Å². The van der Waals surface area contributed by atoms with Crippen LogP contribution in [-0.4, -0.2) is 38.3 Å². The summed E-state index contributed by atoms with van der Waals surface area (Å²) in [7, 11) is 3.83. The number of nitrogens with zero attached hydrogens (tertiary/aromatic N) is 2. The van der Waals surface area contributed by atoms with E-state index in [0.717, 1.165) is 37.3 Å². The number of ether oxygens (including phenoxy) is 1. The second-order valence-electron chi connectivity index (χ2n) is 4.53. The first-order chi connectivity index (χ1) is 8.29. The van der Waals surface area contributed by atoms with E-state index in [4.69, 9.17) is 4.74 Å². The number of nitrogens with one attached hydrogen (secondary N) is 1. The molecule has 17 heavy (non-hydrogen) atoms. The molecule has 0 aliphatic heterocycles. The second-order valence-corrected chi connectivity index (χ2v) is 5.63. The van der Waals surface area contributed by atoms with E-state index in [1.807, 2.05) is 6.20 Å². The van der Waals surface area contributed by atoms with Gasteiger partial charge < -0.3 is 15.0 Å². The summed E-state index contributed by atoms with van der Waals surface area (Å²) in [5.41, 5.74) is 0. The maximum absolute atomic E-state index is 5.05. The smallest absolute Gasteiger partial charge is 0.185 e. The first-order valence-corrected chi connectivity index (χ1v) is 6.99. The molecule has 0 atom stereocenters. The normalized spacial score (nSPS) is 15.2. The molecule has 1 aromatic rings. The van der Waals surface area contributed by atoms with Crippen molar-refractivity contribution < 1.29 is 4.74 Å². The molecule has 0 aromatic carbocycles. The molecule has 0 spiro atoms. The molecule has 0 unspecified atom stereocenters. The lowest BCUT2D eigenvalue weighted by molar-refractivity contribution is 0.196. The lowest BCUT2D eigenvalue weighted by Gasteiger charge is -2.14. The Morgan fingerprint density at radius 1 is 1.59 bits per heavy atom. The van der Waals surface area contributed by atoms with E-state index in [2.05, 4.69) is 22.2 Å². The van der Waals surface area contributed by atoms with E-state index in [1.54, 1.807) is 18.4 Å². The summed E-state index contributed by atoms with van der Waals surface area (Å²) in [5.74, 6) is 0. The number of hydrogen-bond donors (Lipinski definition) is 1. The van der Waals surface area contributed by atoms with Crippen LogP contribution in [-0.2, 0) is 11.3 Å². The van der Waals surface area contributed by atoms with Crippen LogP contribution in [0.1, 0.15) is 24.1 Å². The van der Waals surface area contributed by atoms with E-state index in [0.29, 0.717) is 0 Å². The Morgan fingerprint density at radius 3 is 3.12 bits per heavy atom. The Balaban J connectivity index is 1.75. The molecule has 4 nitrogen and oxygen atoms in total. The SMILES string of the molecule is COCCCN(C)c1ncc(CNC2CC2)s1. The van der Waals surface area contributed by atoms with Gasteiger partial charge in [-0.3, -0.25) is 0 Å². The predicted molar refractivity (Wildman–Crippen MR) is 71.7 cm³/mol. The zero-order valence-electron chi connectivity index (χ0n) is 10.6. The summed E-state index contributed by atoms with van der Waals surface area (Å²) in [6, 6.07) is 0.764. The molecule has 1 fully saturated rings. The molecule has 1 aliphatic rings. The van der Waals surface area contributed by atoms with Gasteiger partial charge in [-0.25, -0.2) is 4.98 Å². The quantitative estimate of drug-likeness (QED) is 0.720. The minimum Gasteiger partial charge on any atom is -0.385 e. The van der Waals surface area contributed by atoms with Gasteiger partial charge in [0, 0.05) is 51.0 Å². The molecular weight excluding hydrogens is 234 g/mol. The molecular formula is C12H21N3OS. The minimum absolute atomic E-state index is 0.764. The van der Waals surface area contributed by atoms with Crippen LogP contribution in [0.5, 0.6) is 0 Å². The lowest BCUT2D eigenvalue weighted by Crippen LogP contribution is -2.19. The summed E-state index contributed by atoms with van der Waals surface area (Å²) in [4.78, 5) is 7.98. The molecule has 0 amide bonds. The molecule has 0 bridgehead atoms. The minimum atomic E-state index is 0.764. The van der Waals surface area contributed by atoms with E-state index in [1.165, 1.54) is 17.7 Å². The van der Waals surface area contributed by atoms with Crippen molar-refractivity contribution in [3.8, 4) is 0 Å². The van der Waals surface area contributed by atoms with Crippen molar-refractivity contribution in [1.29, 1.82) is 0 Å². The molecule has 0 saturated heterocycles. The van der Waals surface area contributed by atoms with E-state index >= 15 is 0 Å². The Labute approximate surface area is 107 Å². The van der Waals surface area contributed by atoms with Crippen molar-refractivity contribution >= 4 is 16.5 Å². The first-order valence-electron chi connectivity index (χ1n) is 6.17. The number of methoxy groups -OCH3 is 1. The highest BCUT2D eigenvalue weighted by Gasteiger charge is 2.20. The number of anilines is 1. The number of thiazole rings is 1. The Bertz CT molecular complexity index is 338. The van der Waals surface area contributed by atoms with E-state index in [-0.39, 0.29) is 0 Å². The predicted octanol–water partition coefficient (Wildman–Crippen LogP) is 1.87. The third-order valence-electron chi connectivity index (χ3n) is 2.85. The van der Waals surface area contributed by atoms with Crippen LogP contribution in [0.4, 0.5) is 5.13 Å². The van der Waals surface area contributed by atoms with Crippen molar-refractivity contribution in [2.24, 2.45) is 0 Å². The second kappa shape index (κ2) is 6.33. The van der Waals surface area contributed by atoms with Crippen LogP contribution in [0.25, 0.3) is 0 Å². The lowest BCUT2D eigenvalue weighted by atomic mass is 10.4. The van der Waals surface area contributed by atoms with Gasteiger partial charge in [0.2, 0.25) is 0 Å². The van der Waals surface area contributed by atoms with Gasteiger partial charge in [0.25, 0.3) is 0 Å². The third-order valence-corrected chi connectivity index (χ3v) is 3.96. The summed E-state index contributed by atoms with van der Waals surface area (Å²) in [6.07, 6.45) is 5.70. The van der Waals surface area contributed by atoms with Crippen molar-refractivity contribution in [3.05, 3.63) is 11.1 Å². The molecule has 5 heteroatoms. The van der Waals surface area contributed by atoms with Crippen LogP contribution >= 0.6 is 11.3 Å². The fourth-order valence-electron chi connectivity index (χ4n) is 1.63. The average molecular weight is 255 g/mol. The third kappa shape index (κ3) is 4.26. The zero-order chi connectivity index (χ0) is 12.1. The van der Waals surface area contributed by atoms with Gasteiger partial charge in [-0.2, -0.15) is 0 Å². The summed E-state index contributed by atoms with van der Waals surface area (Å²) in [6.45, 7) is 2.77. The van der Waals surface area contributed by atoms with Gasteiger partial charge in [-0.1, -0.05) is 0 Å². The van der Waals surface area contributed by atoms with Crippen molar-refractivity contribution in [3.63, 3.8) is 0 Å². The molecule has 0 radical (unpaired) electrons. The Hall–Kier alpha value is -0.650. The van der Waals surface area contributed by atoms with E-state index < -0.39 is 0 Å². The van der Waals surface area contributed by atoms with Gasteiger partial charge >= 0.3 is 0 Å². The van der Waals surface area contributed by atoms with Crippen LogP contribution < -0.4 is 10.2 Å².